The second-order valence-corrected chi connectivity index (χ2v) is 8.78. The van der Waals surface area contributed by atoms with Gasteiger partial charge in [-0.05, 0) is 60.3 Å². The number of nitrogens with one attached hydrogen (secondary N) is 1. The van der Waals surface area contributed by atoms with Crippen molar-refractivity contribution in [2.45, 2.75) is 5.16 Å². The normalized spacial score (nSPS) is 11.5. The first-order valence-corrected chi connectivity index (χ1v) is 11.3. The molecule has 0 saturated carbocycles. The number of thioether (sulfide) groups is 1. The first kappa shape index (κ1) is 24.4. The highest BCUT2D eigenvalue weighted by Gasteiger charge is 2.18. The molecule has 0 spiro atoms. The lowest BCUT2D eigenvalue weighted by atomic mass is 10.1. The number of H-pyrrole nitrogens is 1. The minimum atomic E-state index is -1.21. The van der Waals surface area contributed by atoms with Gasteiger partial charge >= 0.3 is 11.9 Å². The average Bonchev–Trinajstić information content (AvgIpc) is 3.48. The van der Waals surface area contributed by atoms with Crippen molar-refractivity contribution in [3.63, 3.8) is 0 Å². The van der Waals surface area contributed by atoms with Crippen molar-refractivity contribution in [2.24, 2.45) is 0 Å². The third kappa shape index (κ3) is 5.51. The van der Waals surface area contributed by atoms with Gasteiger partial charge in [-0.25, -0.2) is 14.6 Å². The van der Waals surface area contributed by atoms with Crippen LogP contribution < -0.4 is 4.74 Å². The molecule has 2 heterocycles. The van der Waals surface area contributed by atoms with Crippen molar-refractivity contribution in [3.05, 3.63) is 74.8 Å². The molecule has 2 aromatic heterocycles. The van der Waals surface area contributed by atoms with Crippen molar-refractivity contribution < 1.29 is 29.0 Å². The molecule has 0 fully saturated rings. The molecule has 0 radical (unpaired) electrons. The number of halogens is 2. The van der Waals surface area contributed by atoms with Crippen LogP contribution >= 0.6 is 35.0 Å². The number of aromatic amines is 1. The Morgan fingerprint density at radius 3 is 2.63 bits per heavy atom. The number of nitrogens with zero attached hydrogens (tertiary/aromatic N) is 2. The topological polar surface area (TPSA) is 139 Å². The van der Waals surface area contributed by atoms with Gasteiger partial charge < -0.3 is 19.4 Å². The van der Waals surface area contributed by atoms with E-state index in [4.69, 9.17) is 32.4 Å². The van der Waals surface area contributed by atoms with E-state index in [9.17, 15) is 19.8 Å². The molecule has 4 aromatic rings. The van der Waals surface area contributed by atoms with Crippen LogP contribution in [0.3, 0.4) is 0 Å². The monoisotopic (exact) mass is 531 g/mol. The zero-order valence-corrected chi connectivity index (χ0v) is 20.1. The van der Waals surface area contributed by atoms with Crippen molar-refractivity contribution in [1.29, 1.82) is 0 Å². The average molecular weight is 532 g/mol. The number of aromatic nitrogens is 3. The van der Waals surface area contributed by atoms with Crippen LogP contribution in [0.15, 0.2) is 63.0 Å². The Morgan fingerprint density at radius 1 is 1.11 bits per heavy atom. The number of hydrogen-bond donors (Lipinski definition) is 3. The predicted molar refractivity (Wildman–Crippen MR) is 131 cm³/mol. The number of hydrogen-bond acceptors (Lipinski definition) is 7. The molecule has 2 aromatic carbocycles. The van der Waals surface area contributed by atoms with Gasteiger partial charge in [-0.1, -0.05) is 23.2 Å². The van der Waals surface area contributed by atoms with Gasteiger partial charge in [0.2, 0.25) is 5.16 Å². The summed E-state index contributed by atoms with van der Waals surface area (Å²) in [6.45, 7) is 0. The number of carbonyl (C=O) groups is 2. The number of rotatable bonds is 8. The van der Waals surface area contributed by atoms with E-state index in [-0.39, 0.29) is 26.4 Å². The van der Waals surface area contributed by atoms with Crippen molar-refractivity contribution >= 4 is 53.0 Å². The molecule has 0 unspecified atom stereocenters. The van der Waals surface area contributed by atoms with Crippen LogP contribution in [0.2, 0.25) is 10.0 Å². The molecular formula is C23H15Cl2N3O6S. The molecular weight excluding hydrogens is 517 g/mol. The zero-order valence-electron chi connectivity index (χ0n) is 17.8. The van der Waals surface area contributed by atoms with E-state index in [0.717, 1.165) is 11.8 Å². The minimum absolute atomic E-state index is 0.0730. The summed E-state index contributed by atoms with van der Waals surface area (Å²) >= 11 is 12.8. The lowest BCUT2D eigenvalue weighted by molar-refractivity contribution is -0.131. The smallest absolute Gasteiger partial charge is 0.342 e. The Hall–Kier alpha value is -3.73. The maximum absolute atomic E-state index is 11.9. The van der Waals surface area contributed by atoms with Gasteiger partial charge in [-0.2, -0.15) is 0 Å². The highest BCUT2D eigenvalue weighted by atomic mass is 35.5. The largest absolute Gasteiger partial charge is 0.496 e. The molecule has 0 bridgehead atoms. The molecule has 178 valence electrons. The molecule has 0 saturated heterocycles. The minimum Gasteiger partial charge on any atom is -0.496 e. The molecule has 0 aliphatic heterocycles. The number of aliphatic carboxylic acids is 1. The number of carboxylic acid groups (broad SMARTS) is 2. The van der Waals surface area contributed by atoms with E-state index in [1.807, 2.05) is 0 Å². The summed E-state index contributed by atoms with van der Waals surface area (Å²) in [6, 6.07) is 12.6. The summed E-state index contributed by atoms with van der Waals surface area (Å²) in [5.41, 5.74) is 0.973. The van der Waals surface area contributed by atoms with E-state index in [0.29, 0.717) is 33.5 Å². The summed E-state index contributed by atoms with van der Waals surface area (Å²) in [7, 11) is 1.51. The van der Waals surface area contributed by atoms with E-state index in [1.54, 1.807) is 36.4 Å². The number of methoxy groups -OCH3 is 1. The molecule has 12 heteroatoms. The Kier molecular flexibility index (Phi) is 7.15. The van der Waals surface area contributed by atoms with Gasteiger partial charge in [-0.15, -0.1) is 5.10 Å². The molecule has 0 aliphatic carbocycles. The van der Waals surface area contributed by atoms with E-state index < -0.39 is 11.9 Å². The summed E-state index contributed by atoms with van der Waals surface area (Å²) in [6.07, 6.45) is 1.32. The van der Waals surface area contributed by atoms with Crippen LogP contribution in [0.25, 0.3) is 28.8 Å². The lowest BCUT2D eigenvalue weighted by Gasteiger charge is -2.05. The standard InChI is InChI=1S/C23H15Cl2N3O6S/c1-33-18-6-3-12(24)9-15(18)20-26-23(28-27-20)35-19(22(31)32)10-13-4-7-17(34-13)11-2-5-16(25)14(8-11)21(29)30/h2-10H,1H3,(H,29,30)(H,31,32)(H,26,27,28)/b19-10-. The van der Waals surface area contributed by atoms with Crippen LogP contribution in [0.1, 0.15) is 16.1 Å². The van der Waals surface area contributed by atoms with E-state index in [2.05, 4.69) is 15.2 Å². The first-order valence-electron chi connectivity index (χ1n) is 9.77. The predicted octanol–water partition coefficient (Wildman–Crippen LogP) is 5.96. The van der Waals surface area contributed by atoms with Gasteiger partial charge in [0.25, 0.3) is 0 Å². The van der Waals surface area contributed by atoms with Gasteiger partial charge in [0.1, 0.15) is 22.2 Å². The number of carboxylic acids is 2. The Morgan fingerprint density at radius 2 is 1.91 bits per heavy atom. The van der Waals surface area contributed by atoms with Crippen molar-refractivity contribution in [1.82, 2.24) is 15.2 Å². The molecule has 0 atom stereocenters. The number of benzene rings is 2. The third-order valence-corrected chi connectivity index (χ3v) is 6.12. The molecule has 9 nitrogen and oxygen atoms in total. The summed E-state index contributed by atoms with van der Waals surface area (Å²) < 4.78 is 11.0. The van der Waals surface area contributed by atoms with Crippen LogP contribution in [-0.4, -0.2) is 44.4 Å². The maximum Gasteiger partial charge on any atom is 0.342 e. The van der Waals surface area contributed by atoms with E-state index >= 15 is 0 Å². The maximum atomic E-state index is 11.9. The lowest BCUT2D eigenvalue weighted by Crippen LogP contribution is -1.97. The van der Waals surface area contributed by atoms with E-state index in [1.165, 1.54) is 25.3 Å². The Bertz CT molecular complexity index is 1460. The Labute approximate surface area is 212 Å². The van der Waals surface area contributed by atoms with Crippen molar-refractivity contribution in [2.75, 3.05) is 7.11 Å². The second-order valence-electron chi connectivity index (χ2n) is 6.93. The van der Waals surface area contributed by atoms with Crippen LogP contribution in [0.5, 0.6) is 5.75 Å². The SMILES string of the molecule is COc1ccc(Cl)cc1-c1nc(S/C(=C\c2ccc(-c3ccc(Cl)c(C(=O)O)c3)o2)C(=O)O)n[nH]1. The fourth-order valence-electron chi connectivity index (χ4n) is 3.07. The third-order valence-electron chi connectivity index (χ3n) is 4.67. The molecule has 0 amide bonds. The quantitative estimate of drug-likeness (QED) is 0.185. The second kappa shape index (κ2) is 10.3. The molecule has 35 heavy (non-hydrogen) atoms. The fourth-order valence-corrected chi connectivity index (χ4v) is 4.13. The molecule has 4 rings (SSSR count). The van der Waals surface area contributed by atoms with Crippen LogP contribution in [0, 0.1) is 0 Å². The summed E-state index contributed by atoms with van der Waals surface area (Å²) in [5.74, 6) is -0.919. The van der Waals surface area contributed by atoms with Crippen LogP contribution in [0.4, 0.5) is 0 Å². The van der Waals surface area contributed by atoms with Gasteiger partial charge in [0, 0.05) is 16.7 Å². The zero-order chi connectivity index (χ0) is 25.1. The fraction of sp³-hybridized carbons (Fsp3) is 0.0435. The number of furan rings is 1. The van der Waals surface area contributed by atoms with Gasteiger partial charge in [-0.3, -0.25) is 5.10 Å². The number of aromatic carboxylic acids is 1. The Balaban J connectivity index is 1.59. The number of ether oxygens (including phenoxy) is 1. The highest BCUT2D eigenvalue weighted by Crippen LogP contribution is 2.33. The highest BCUT2D eigenvalue weighted by molar-refractivity contribution is 8.04. The molecule has 0 aliphatic rings. The summed E-state index contributed by atoms with van der Waals surface area (Å²) in [5, 5.41) is 26.5. The molecule has 3 N–H and O–H groups in total. The van der Waals surface area contributed by atoms with Crippen molar-refractivity contribution in [3.8, 4) is 28.5 Å². The van der Waals surface area contributed by atoms with Gasteiger partial charge in [0.15, 0.2) is 5.82 Å². The summed E-state index contributed by atoms with van der Waals surface area (Å²) in [4.78, 5) is 27.4. The first-order chi connectivity index (χ1) is 16.7. The van der Waals surface area contributed by atoms with Crippen LogP contribution in [-0.2, 0) is 4.79 Å². The van der Waals surface area contributed by atoms with Gasteiger partial charge in [0.05, 0.1) is 23.3 Å².